The molecule has 184 valence electrons. The van der Waals surface area contributed by atoms with Crippen molar-refractivity contribution in [1.82, 2.24) is 0 Å². The molecule has 6 nitrogen and oxygen atoms in total. The van der Waals surface area contributed by atoms with Gasteiger partial charge < -0.3 is 8.37 Å². The number of rotatable bonds is 6. The highest BCUT2D eigenvalue weighted by atomic mass is 32.2. The van der Waals surface area contributed by atoms with Crippen molar-refractivity contribution in [2.75, 3.05) is 12.5 Å². The van der Waals surface area contributed by atoms with E-state index in [-0.39, 0.29) is 11.1 Å². The molecule has 0 saturated heterocycles. The van der Waals surface area contributed by atoms with E-state index in [9.17, 15) is 43.2 Å². The summed E-state index contributed by atoms with van der Waals surface area (Å²) in [6, 6.07) is 3.43. The van der Waals surface area contributed by atoms with E-state index in [0.29, 0.717) is 48.9 Å². The predicted octanol–water partition coefficient (Wildman–Crippen LogP) is 4.39. The van der Waals surface area contributed by atoms with Crippen molar-refractivity contribution in [3.8, 4) is 11.5 Å². The maximum absolute atomic E-state index is 14.3. The van der Waals surface area contributed by atoms with Gasteiger partial charge in [-0.15, -0.1) is 0 Å². The van der Waals surface area contributed by atoms with Gasteiger partial charge in [-0.3, -0.25) is 0 Å². The van der Waals surface area contributed by atoms with Crippen molar-refractivity contribution >= 4 is 20.2 Å². The van der Waals surface area contributed by atoms with Gasteiger partial charge in [-0.1, -0.05) is 24.3 Å². The van der Waals surface area contributed by atoms with Crippen molar-refractivity contribution in [1.29, 1.82) is 0 Å². The molecule has 0 unspecified atom stereocenters. The Balaban J connectivity index is 2.85. The smallest absolute Gasteiger partial charge is 0.382 e. The zero-order valence-electron chi connectivity index (χ0n) is 17.5. The standard InChI is InChI=1S/C19H18F6O6S2/c1-11-9-13(5-7-15(11)30-32(3,26)27)17(18(20,21)22,19(23,24)25)14-6-8-16(12(2)10-14)31-33(4,28)29/h5-10H,1-4H3. The highest BCUT2D eigenvalue weighted by Gasteiger charge is 2.72. The molecular formula is C19H18F6O6S2. The van der Waals surface area contributed by atoms with Gasteiger partial charge in [-0.05, 0) is 48.2 Å². The van der Waals surface area contributed by atoms with Gasteiger partial charge >= 0.3 is 32.6 Å². The van der Waals surface area contributed by atoms with Crippen molar-refractivity contribution in [2.45, 2.75) is 31.6 Å². The van der Waals surface area contributed by atoms with E-state index in [2.05, 4.69) is 8.37 Å². The number of hydrogen-bond donors (Lipinski definition) is 0. The molecule has 2 aromatic carbocycles. The normalized spacial score (nSPS) is 13.6. The number of alkyl halides is 6. The maximum Gasteiger partial charge on any atom is 0.411 e. The zero-order valence-corrected chi connectivity index (χ0v) is 19.1. The van der Waals surface area contributed by atoms with Gasteiger partial charge in [-0.25, -0.2) is 0 Å². The largest absolute Gasteiger partial charge is 0.411 e. The molecule has 0 bridgehead atoms. The van der Waals surface area contributed by atoms with Crippen LogP contribution in [-0.2, 0) is 25.7 Å². The average Bonchev–Trinajstić information content (AvgIpc) is 2.55. The van der Waals surface area contributed by atoms with Crippen LogP contribution in [0.2, 0.25) is 0 Å². The Bertz CT molecular complexity index is 1170. The summed E-state index contributed by atoms with van der Waals surface area (Å²) in [4.78, 5) is 0. The molecule has 0 atom stereocenters. The predicted molar refractivity (Wildman–Crippen MR) is 106 cm³/mol. The van der Waals surface area contributed by atoms with Crippen LogP contribution in [0.1, 0.15) is 22.3 Å². The highest BCUT2D eigenvalue weighted by molar-refractivity contribution is 7.86. The third kappa shape index (κ3) is 5.54. The second-order valence-electron chi connectivity index (χ2n) is 7.28. The fraction of sp³-hybridized carbons (Fsp3) is 0.368. The quantitative estimate of drug-likeness (QED) is 0.415. The van der Waals surface area contributed by atoms with Gasteiger partial charge in [0.05, 0.1) is 12.5 Å². The van der Waals surface area contributed by atoms with E-state index in [1.165, 1.54) is 0 Å². The lowest BCUT2D eigenvalue weighted by Crippen LogP contribution is -2.54. The van der Waals surface area contributed by atoms with Crippen LogP contribution in [0.4, 0.5) is 26.3 Å². The first-order valence-corrected chi connectivity index (χ1v) is 12.5. The minimum atomic E-state index is -5.90. The summed E-state index contributed by atoms with van der Waals surface area (Å²) in [5, 5.41) is 0. The number of halogens is 6. The van der Waals surface area contributed by atoms with Crippen LogP contribution in [0.5, 0.6) is 11.5 Å². The molecule has 0 aliphatic carbocycles. The molecule has 0 aliphatic heterocycles. The van der Waals surface area contributed by atoms with Crippen LogP contribution in [0.3, 0.4) is 0 Å². The number of hydrogen-bond acceptors (Lipinski definition) is 6. The second kappa shape index (κ2) is 8.38. The monoisotopic (exact) mass is 520 g/mol. The van der Waals surface area contributed by atoms with Crippen molar-refractivity contribution in [3.63, 3.8) is 0 Å². The first-order valence-electron chi connectivity index (χ1n) is 8.83. The average molecular weight is 520 g/mol. The Labute approximate surface area is 186 Å². The van der Waals surface area contributed by atoms with Crippen molar-refractivity contribution in [3.05, 3.63) is 58.7 Å². The van der Waals surface area contributed by atoms with E-state index in [0.717, 1.165) is 13.8 Å². The van der Waals surface area contributed by atoms with Crippen LogP contribution in [0.25, 0.3) is 0 Å². The minimum Gasteiger partial charge on any atom is -0.382 e. The molecule has 0 spiro atoms. The number of benzene rings is 2. The minimum absolute atomic E-state index is 0.287. The summed E-state index contributed by atoms with van der Waals surface area (Å²) in [7, 11) is -8.18. The summed E-state index contributed by atoms with van der Waals surface area (Å²) in [5.41, 5.74) is -7.58. The molecule has 0 fully saturated rings. The molecule has 0 amide bonds. The molecule has 0 saturated carbocycles. The van der Waals surface area contributed by atoms with E-state index in [4.69, 9.17) is 0 Å². The highest BCUT2D eigenvalue weighted by Crippen LogP contribution is 2.57. The molecule has 0 heterocycles. The van der Waals surface area contributed by atoms with Crippen molar-refractivity contribution < 1.29 is 51.5 Å². The zero-order chi connectivity index (χ0) is 25.6. The topological polar surface area (TPSA) is 86.7 Å². The van der Waals surface area contributed by atoms with Crippen LogP contribution in [0.15, 0.2) is 36.4 Å². The molecule has 0 radical (unpaired) electrons. The molecular weight excluding hydrogens is 502 g/mol. The Hall–Kier alpha value is -2.48. The van der Waals surface area contributed by atoms with Gasteiger partial charge in [0.2, 0.25) is 5.41 Å². The summed E-state index contributed by atoms with van der Waals surface area (Å²) < 4.78 is 140. The molecule has 14 heteroatoms. The fourth-order valence-corrected chi connectivity index (χ4v) is 4.29. The summed E-state index contributed by atoms with van der Waals surface area (Å²) in [5.74, 6) is -0.875. The van der Waals surface area contributed by atoms with E-state index in [1.54, 1.807) is 0 Å². The maximum atomic E-state index is 14.3. The van der Waals surface area contributed by atoms with Gasteiger partial charge in [0.15, 0.2) is 0 Å². The van der Waals surface area contributed by atoms with Crippen LogP contribution in [0, 0.1) is 13.8 Å². The van der Waals surface area contributed by atoms with Crippen LogP contribution in [-0.4, -0.2) is 41.7 Å². The SMILES string of the molecule is Cc1cc(C(c2ccc(OS(C)(=O)=O)c(C)c2)(C(F)(F)F)C(F)(F)F)ccc1OS(C)(=O)=O. The van der Waals surface area contributed by atoms with E-state index < -0.39 is 60.6 Å². The molecule has 0 aromatic heterocycles. The summed E-state index contributed by atoms with van der Waals surface area (Å²) in [6.45, 7) is 2.19. The van der Waals surface area contributed by atoms with Gasteiger partial charge in [0, 0.05) is 0 Å². The fourth-order valence-electron chi connectivity index (χ4n) is 3.26. The molecule has 0 aliphatic rings. The van der Waals surface area contributed by atoms with Crippen molar-refractivity contribution in [2.24, 2.45) is 0 Å². The Morgan fingerprint density at radius 3 is 1.15 bits per heavy atom. The lowest BCUT2D eigenvalue weighted by molar-refractivity contribution is -0.288. The summed E-state index contributed by atoms with van der Waals surface area (Å²) in [6.07, 6.45) is -10.5. The lowest BCUT2D eigenvalue weighted by atomic mass is 9.72. The van der Waals surface area contributed by atoms with Gasteiger partial charge in [0.1, 0.15) is 11.5 Å². The molecule has 2 aromatic rings. The number of aryl methyl sites for hydroxylation is 2. The second-order valence-corrected chi connectivity index (χ2v) is 10.4. The molecule has 33 heavy (non-hydrogen) atoms. The first-order chi connectivity index (χ1) is 14.7. The van der Waals surface area contributed by atoms with Crippen LogP contribution >= 0.6 is 0 Å². The third-order valence-corrected chi connectivity index (χ3v) is 5.51. The third-order valence-electron chi connectivity index (χ3n) is 4.55. The van der Waals surface area contributed by atoms with Crippen LogP contribution < -0.4 is 8.37 Å². The van der Waals surface area contributed by atoms with Gasteiger partial charge in [-0.2, -0.15) is 43.2 Å². The van der Waals surface area contributed by atoms with E-state index in [1.807, 2.05) is 0 Å². The van der Waals surface area contributed by atoms with E-state index >= 15 is 0 Å². The Morgan fingerprint density at radius 1 is 0.636 bits per heavy atom. The summed E-state index contributed by atoms with van der Waals surface area (Å²) >= 11 is 0. The first kappa shape index (κ1) is 26.8. The lowest BCUT2D eigenvalue weighted by Gasteiger charge is -2.38. The Morgan fingerprint density at radius 2 is 0.939 bits per heavy atom. The van der Waals surface area contributed by atoms with Gasteiger partial charge in [0.25, 0.3) is 0 Å². The molecule has 0 N–H and O–H groups in total. The Kier molecular flexibility index (Phi) is 6.80. The molecule has 2 rings (SSSR count).